The molecule has 2 aromatic rings. The molecule has 1 aromatic carbocycles. The molecule has 0 atom stereocenters. The number of nitrogens with zero attached hydrogens (tertiary/aromatic N) is 2. The lowest BCUT2D eigenvalue weighted by molar-refractivity contribution is 0.276. The summed E-state index contributed by atoms with van der Waals surface area (Å²) in [6.45, 7) is 1.94. The van der Waals surface area contributed by atoms with E-state index in [9.17, 15) is 0 Å². The number of halogens is 1. The molecule has 0 saturated heterocycles. The first kappa shape index (κ1) is 10.4. The third-order valence-electron chi connectivity index (χ3n) is 2.17. The number of rotatable bonds is 2. The van der Waals surface area contributed by atoms with Gasteiger partial charge in [-0.15, -0.1) is 0 Å². The van der Waals surface area contributed by atoms with Crippen molar-refractivity contribution in [2.75, 3.05) is 0 Å². The topological polar surface area (TPSA) is 38.1 Å². The molecule has 1 heterocycles. The Hall–Kier alpha value is -1.13. The standard InChI is InChI=1S/C11H11BrN2O/c1-8-6-10(7-15)13-14(8)11-4-2-9(12)3-5-11/h2-6,15H,7H2,1H3. The molecule has 0 unspecified atom stereocenters. The Morgan fingerprint density at radius 1 is 1.33 bits per heavy atom. The van der Waals surface area contributed by atoms with Gasteiger partial charge >= 0.3 is 0 Å². The molecular weight excluding hydrogens is 256 g/mol. The first-order valence-corrected chi connectivity index (χ1v) is 5.42. The molecule has 0 radical (unpaired) electrons. The van der Waals surface area contributed by atoms with Gasteiger partial charge in [-0.1, -0.05) is 15.9 Å². The molecule has 3 nitrogen and oxygen atoms in total. The van der Waals surface area contributed by atoms with Gasteiger partial charge < -0.3 is 5.11 Å². The molecule has 0 saturated carbocycles. The quantitative estimate of drug-likeness (QED) is 0.907. The average Bonchev–Trinajstić information content (AvgIpc) is 2.61. The van der Waals surface area contributed by atoms with E-state index in [-0.39, 0.29) is 6.61 Å². The summed E-state index contributed by atoms with van der Waals surface area (Å²) in [6.07, 6.45) is 0. The number of hydrogen-bond acceptors (Lipinski definition) is 2. The summed E-state index contributed by atoms with van der Waals surface area (Å²) >= 11 is 3.39. The summed E-state index contributed by atoms with van der Waals surface area (Å²) in [6, 6.07) is 9.77. The van der Waals surface area contributed by atoms with Crippen molar-refractivity contribution >= 4 is 15.9 Å². The van der Waals surface area contributed by atoms with Gasteiger partial charge in [-0.3, -0.25) is 0 Å². The summed E-state index contributed by atoms with van der Waals surface area (Å²) in [4.78, 5) is 0. The van der Waals surface area contributed by atoms with Crippen molar-refractivity contribution in [1.82, 2.24) is 9.78 Å². The number of aliphatic hydroxyl groups is 1. The van der Waals surface area contributed by atoms with Crippen molar-refractivity contribution in [1.29, 1.82) is 0 Å². The first-order chi connectivity index (χ1) is 7.20. The highest BCUT2D eigenvalue weighted by Gasteiger charge is 2.04. The third-order valence-corrected chi connectivity index (χ3v) is 2.70. The Bertz CT molecular complexity index is 462. The van der Waals surface area contributed by atoms with Gasteiger partial charge in [0.05, 0.1) is 18.0 Å². The summed E-state index contributed by atoms with van der Waals surface area (Å²) in [5, 5.41) is 13.3. The van der Waals surface area contributed by atoms with Crippen molar-refractivity contribution in [2.24, 2.45) is 0 Å². The largest absolute Gasteiger partial charge is 0.390 e. The lowest BCUT2D eigenvalue weighted by Gasteiger charge is -2.03. The Labute approximate surface area is 96.5 Å². The second-order valence-corrected chi connectivity index (χ2v) is 4.24. The molecule has 15 heavy (non-hydrogen) atoms. The predicted octanol–water partition coefficient (Wildman–Crippen LogP) is 2.44. The molecule has 0 aliphatic heterocycles. The fourth-order valence-electron chi connectivity index (χ4n) is 1.46. The second-order valence-electron chi connectivity index (χ2n) is 3.32. The Balaban J connectivity index is 2.44. The van der Waals surface area contributed by atoms with Crippen LogP contribution >= 0.6 is 15.9 Å². The van der Waals surface area contributed by atoms with Crippen LogP contribution in [0.3, 0.4) is 0 Å². The number of hydrogen-bond donors (Lipinski definition) is 1. The van der Waals surface area contributed by atoms with Gasteiger partial charge in [0.1, 0.15) is 0 Å². The summed E-state index contributed by atoms with van der Waals surface area (Å²) < 4.78 is 2.86. The minimum atomic E-state index is -0.0234. The molecular formula is C11H11BrN2O. The molecule has 1 aromatic heterocycles. The molecule has 0 amide bonds. The Kier molecular flexibility index (Phi) is 2.88. The van der Waals surface area contributed by atoms with Crippen LogP contribution in [-0.2, 0) is 6.61 Å². The number of benzene rings is 1. The van der Waals surface area contributed by atoms with E-state index >= 15 is 0 Å². The maximum atomic E-state index is 8.98. The highest BCUT2D eigenvalue weighted by Crippen LogP contribution is 2.15. The van der Waals surface area contributed by atoms with Gasteiger partial charge in [0.25, 0.3) is 0 Å². The van der Waals surface area contributed by atoms with Crippen LogP contribution in [0.25, 0.3) is 5.69 Å². The van der Waals surface area contributed by atoms with Gasteiger partial charge in [0.15, 0.2) is 0 Å². The van der Waals surface area contributed by atoms with Crippen molar-refractivity contribution in [3.8, 4) is 5.69 Å². The van der Waals surface area contributed by atoms with E-state index in [1.165, 1.54) is 0 Å². The number of aryl methyl sites for hydroxylation is 1. The zero-order valence-electron chi connectivity index (χ0n) is 8.31. The predicted molar refractivity (Wildman–Crippen MR) is 61.9 cm³/mol. The van der Waals surface area contributed by atoms with Gasteiger partial charge in [-0.2, -0.15) is 5.10 Å². The van der Waals surface area contributed by atoms with Crippen molar-refractivity contribution < 1.29 is 5.11 Å². The van der Waals surface area contributed by atoms with E-state index in [1.54, 1.807) is 0 Å². The fraction of sp³-hybridized carbons (Fsp3) is 0.182. The van der Waals surface area contributed by atoms with Crippen LogP contribution in [0.5, 0.6) is 0 Å². The molecule has 0 spiro atoms. The fourth-order valence-corrected chi connectivity index (χ4v) is 1.72. The normalized spacial score (nSPS) is 10.6. The minimum absolute atomic E-state index is 0.0234. The van der Waals surface area contributed by atoms with Crippen LogP contribution in [0.1, 0.15) is 11.4 Å². The molecule has 0 aliphatic carbocycles. The molecule has 2 rings (SSSR count). The summed E-state index contributed by atoms with van der Waals surface area (Å²) in [5.41, 5.74) is 2.70. The first-order valence-electron chi connectivity index (χ1n) is 4.63. The zero-order valence-corrected chi connectivity index (χ0v) is 9.90. The van der Waals surface area contributed by atoms with Gasteiger partial charge in [-0.25, -0.2) is 4.68 Å². The minimum Gasteiger partial charge on any atom is -0.390 e. The van der Waals surface area contributed by atoms with E-state index in [2.05, 4.69) is 21.0 Å². The average molecular weight is 267 g/mol. The highest BCUT2D eigenvalue weighted by molar-refractivity contribution is 9.10. The van der Waals surface area contributed by atoms with E-state index in [0.717, 1.165) is 15.9 Å². The monoisotopic (exact) mass is 266 g/mol. The Morgan fingerprint density at radius 2 is 2.00 bits per heavy atom. The Morgan fingerprint density at radius 3 is 2.53 bits per heavy atom. The number of aromatic nitrogens is 2. The van der Waals surface area contributed by atoms with Gasteiger partial charge in [0.2, 0.25) is 0 Å². The molecule has 0 fully saturated rings. The number of aliphatic hydroxyl groups excluding tert-OH is 1. The van der Waals surface area contributed by atoms with Gasteiger partial charge in [0, 0.05) is 10.2 Å². The lowest BCUT2D eigenvalue weighted by atomic mass is 10.3. The smallest absolute Gasteiger partial charge is 0.0886 e. The SMILES string of the molecule is Cc1cc(CO)nn1-c1ccc(Br)cc1. The third kappa shape index (κ3) is 2.11. The molecule has 78 valence electrons. The maximum absolute atomic E-state index is 8.98. The van der Waals surface area contributed by atoms with Crippen molar-refractivity contribution in [3.05, 3.63) is 46.2 Å². The van der Waals surface area contributed by atoms with E-state index in [0.29, 0.717) is 5.69 Å². The zero-order chi connectivity index (χ0) is 10.8. The highest BCUT2D eigenvalue weighted by atomic mass is 79.9. The maximum Gasteiger partial charge on any atom is 0.0886 e. The molecule has 1 N–H and O–H groups in total. The van der Waals surface area contributed by atoms with Crippen LogP contribution in [0.4, 0.5) is 0 Å². The summed E-state index contributed by atoms with van der Waals surface area (Å²) in [7, 11) is 0. The van der Waals surface area contributed by atoms with E-state index < -0.39 is 0 Å². The van der Waals surface area contributed by atoms with Gasteiger partial charge in [-0.05, 0) is 37.3 Å². The van der Waals surface area contributed by atoms with Crippen LogP contribution < -0.4 is 0 Å². The van der Waals surface area contributed by atoms with E-state index in [4.69, 9.17) is 5.11 Å². The van der Waals surface area contributed by atoms with Crippen LogP contribution in [-0.4, -0.2) is 14.9 Å². The summed E-state index contributed by atoms with van der Waals surface area (Å²) in [5.74, 6) is 0. The van der Waals surface area contributed by atoms with Crippen molar-refractivity contribution in [2.45, 2.75) is 13.5 Å². The van der Waals surface area contributed by atoms with Crippen LogP contribution in [0, 0.1) is 6.92 Å². The van der Waals surface area contributed by atoms with Crippen LogP contribution in [0.15, 0.2) is 34.8 Å². The molecule has 0 aliphatic rings. The molecule has 0 bridgehead atoms. The van der Waals surface area contributed by atoms with Crippen molar-refractivity contribution in [3.63, 3.8) is 0 Å². The lowest BCUT2D eigenvalue weighted by Crippen LogP contribution is -1.98. The van der Waals surface area contributed by atoms with Crippen LogP contribution in [0.2, 0.25) is 0 Å². The second kappa shape index (κ2) is 4.16. The molecule has 4 heteroatoms. The van der Waals surface area contributed by atoms with E-state index in [1.807, 2.05) is 41.9 Å².